The molecule has 17 heavy (non-hydrogen) atoms. The van der Waals surface area contributed by atoms with Crippen LogP contribution in [0.5, 0.6) is 0 Å². The highest BCUT2D eigenvalue weighted by molar-refractivity contribution is 5.27. The van der Waals surface area contributed by atoms with Crippen LogP contribution in [0.4, 0.5) is 17.6 Å². The average molecular weight is 249 g/mol. The smallest absolute Gasteiger partial charge is 0.313 e. The van der Waals surface area contributed by atoms with Gasteiger partial charge in [-0.25, -0.2) is 4.39 Å². The van der Waals surface area contributed by atoms with E-state index in [4.69, 9.17) is 0 Å². The predicted octanol–water partition coefficient (Wildman–Crippen LogP) is 3.74. The summed E-state index contributed by atoms with van der Waals surface area (Å²) in [5.74, 6) is -0.436. The van der Waals surface area contributed by atoms with Crippen LogP contribution in [0.2, 0.25) is 0 Å². The highest BCUT2D eigenvalue weighted by Crippen LogP contribution is 2.29. The van der Waals surface area contributed by atoms with Crippen LogP contribution >= 0.6 is 0 Å². The lowest BCUT2D eigenvalue weighted by molar-refractivity contribution is -0.136. The topological polar surface area (TPSA) is 12.0 Å². The number of halogens is 4. The Morgan fingerprint density at radius 2 is 1.94 bits per heavy atom. The van der Waals surface area contributed by atoms with Gasteiger partial charge in [-0.15, -0.1) is 0 Å². The first-order valence-electron chi connectivity index (χ1n) is 5.34. The van der Waals surface area contributed by atoms with E-state index >= 15 is 0 Å². The number of nitrogens with one attached hydrogen (secondary N) is 1. The zero-order valence-corrected chi connectivity index (χ0v) is 9.74. The molecule has 0 bridgehead atoms. The van der Waals surface area contributed by atoms with Crippen LogP contribution in [-0.4, -0.2) is 13.2 Å². The minimum Gasteiger partial charge on any atom is -0.313 e. The Balaban J connectivity index is 2.83. The lowest BCUT2D eigenvalue weighted by atomic mass is 9.99. The first-order valence-corrected chi connectivity index (χ1v) is 5.34. The maximum Gasteiger partial charge on any atom is 0.389 e. The summed E-state index contributed by atoms with van der Waals surface area (Å²) in [6.07, 6.45) is -5.30. The summed E-state index contributed by atoms with van der Waals surface area (Å²) in [6, 6.07) is 4.14. The van der Waals surface area contributed by atoms with Crippen LogP contribution in [-0.2, 0) is 0 Å². The molecule has 96 valence electrons. The molecule has 1 rings (SSSR count). The fourth-order valence-corrected chi connectivity index (χ4v) is 1.70. The van der Waals surface area contributed by atoms with E-state index in [2.05, 4.69) is 5.32 Å². The molecule has 0 spiro atoms. The third-order valence-electron chi connectivity index (χ3n) is 2.66. The molecule has 0 amide bonds. The molecule has 0 fully saturated rings. The maximum atomic E-state index is 13.7. The highest BCUT2D eigenvalue weighted by atomic mass is 19.4. The van der Waals surface area contributed by atoms with Crippen LogP contribution in [0.15, 0.2) is 18.2 Å². The Morgan fingerprint density at radius 1 is 1.29 bits per heavy atom. The largest absolute Gasteiger partial charge is 0.389 e. The van der Waals surface area contributed by atoms with Crippen molar-refractivity contribution in [3.8, 4) is 0 Å². The number of rotatable bonds is 4. The van der Waals surface area contributed by atoms with E-state index in [0.29, 0.717) is 5.56 Å². The average Bonchev–Trinajstić information content (AvgIpc) is 2.23. The van der Waals surface area contributed by atoms with Crippen molar-refractivity contribution in [3.05, 3.63) is 35.1 Å². The van der Waals surface area contributed by atoms with Crippen molar-refractivity contribution in [1.82, 2.24) is 5.32 Å². The summed E-state index contributed by atoms with van der Waals surface area (Å²) in [7, 11) is 1.53. The van der Waals surface area contributed by atoms with Gasteiger partial charge < -0.3 is 5.32 Å². The van der Waals surface area contributed by atoms with Gasteiger partial charge in [0, 0.05) is 18.0 Å². The van der Waals surface area contributed by atoms with Gasteiger partial charge in [-0.1, -0.05) is 18.2 Å². The van der Waals surface area contributed by atoms with E-state index in [-0.39, 0.29) is 12.0 Å². The summed E-state index contributed by atoms with van der Waals surface area (Å²) in [5, 5.41) is 2.72. The van der Waals surface area contributed by atoms with Gasteiger partial charge in [0.15, 0.2) is 0 Å². The quantitative estimate of drug-likeness (QED) is 0.801. The molecule has 0 aliphatic rings. The van der Waals surface area contributed by atoms with E-state index in [1.54, 1.807) is 19.1 Å². The minimum atomic E-state index is -4.21. The maximum absolute atomic E-state index is 13.7. The van der Waals surface area contributed by atoms with Gasteiger partial charge in [0.2, 0.25) is 0 Å². The van der Waals surface area contributed by atoms with Crippen LogP contribution in [0.1, 0.15) is 30.0 Å². The van der Waals surface area contributed by atoms with Gasteiger partial charge in [0.05, 0.1) is 0 Å². The molecule has 0 saturated carbocycles. The molecular weight excluding hydrogens is 234 g/mol. The molecule has 1 nitrogen and oxygen atoms in total. The summed E-state index contributed by atoms with van der Waals surface area (Å²) >= 11 is 0. The van der Waals surface area contributed by atoms with Gasteiger partial charge in [-0.05, 0) is 26.0 Å². The van der Waals surface area contributed by atoms with E-state index in [9.17, 15) is 17.6 Å². The second-order valence-corrected chi connectivity index (χ2v) is 3.97. The molecule has 1 atom stereocenters. The molecular formula is C12H15F4N. The number of benzene rings is 1. The second-order valence-electron chi connectivity index (χ2n) is 3.97. The van der Waals surface area contributed by atoms with Crippen LogP contribution in [0.25, 0.3) is 0 Å². The number of hydrogen-bond acceptors (Lipinski definition) is 1. The third kappa shape index (κ3) is 4.00. The normalized spacial score (nSPS) is 13.8. The molecule has 0 saturated heterocycles. The van der Waals surface area contributed by atoms with Crippen molar-refractivity contribution < 1.29 is 17.6 Å². The van der Waals surface area contributed by atoms with E-state index in [0.717, 1.165) is 0 Å². The van der Waals surface area contributed by atoms with Crippen molar-refractivity contribution in [2.45, 2.75) is 32.0 Å². The zero-order chi connectivity index (χ0) is 13.1. The van der Waals surface area contributed by atoms with E-state index < -0.39 is 24.5 Å². The lowest BCUT2D eigenvalue weighted by Gasteiger charge is -2.19. The van der Waals surface area contributed by atoms with Crippen LogP contribution in [0, 0.1) is 12.7 Å². The molecule has 5 heteroatoms. The molecule has 0 aliphatic heterocycles. The summed E-state index contributed by atoms with van der Waals surface area (Å²) in [5.41, 5.74) is 0.728. The monoisotopic (exact) mass is 249 g/mol. The Bertz CT molecular complexity index is 373. The van der Waals surface area contributed by atoms with Gasteiger partial charge in [-0.2, -0.15) is 13.2 Å². The van der Waals surface area contributed by atoms with Crippen LogP contribution < -0.4 is 5.32 Å². The molecule has 1 unspecified atom stereocenters. The van der Waals surface area contributed by atoms with Crippen molar-refractivity contribution in [2.24, 2.45) is 0 Å². The number of alkyl halides is 3. The SMILES string of the molecule is CNC(CCC(F)(F)F)c1cccc(C)c1F. The first kappa shape index (κ1) is 14.0. The molecule has 0 aliphatic carbocycles. The lowest BCUT2D eigenvalue weighted by Crippen LogP contribution is -2.21. The summed E-state index contributed by atoms with van der Waals surface area (Å²) < 4.78 is 50.1. The molecule has 1 aromatic carbocycles. The van der Waals surface area contributed by atoms with Crippen molar-refractivity contribution in [3.63, 3.8) is 0 Å². The second kappa shape index (κ2) is 5.49. The van der Waals surface area contributed by atoms with Gasteiger partial charge in [-0.3, -0.25) is 0 Å². The van der Waals surface area contributed by atoms with Gasteiger partial charge in [0.1, 0.15) is 5.82 Å². The summed E-state index contributed by atoms with van der Waals surface area (Å²) in [6.45, 7) is 1.59. The molecule has 1 N–H and O–H groups in total. The Hall–Kier alpha value is -1.10. The predicted molar refractivity (Wildman–Crippen MR) is 58.2 cm³/mol. The molecule has 0 aromatic heterocycles. The Morgan fingerprint density at radius 3 is 2.47 bits per heavy atom. The van der Waals surface area contributed by atoms with Crippen molar-refractivity contribution in [2.75, 3.05) is 7.05 Å². The summed E-state index contributed by atoms with van der Waals surface area (Å²) in [4.78, 5) is 0. The Kier molecular flexibility index (Phi) is 4.51. The highest BCUT2D eigenvalue weighted by Gasteiger charge is 2.29. The van der Waals surface area contributed by atoms with Gasteiger partial charge in [0.25, 0.3) is 0 Å². The molecule has 0 heterocycles. The van der Waals surface area contributed by atoms with E-state index in [1.165, 1.54) is 13.1 Å². The molecule has 0 radical (unpaired) electrons. The number of hydrogen-bond donors (Lipinski definition) is 1. The zero-order valence-electron chi connectivity index (χ0n) is 9.74. The van der Waals surface area contributed by atoms with Crippen molar-refractivity contribution in [1.29, 1.82) is 0 Å². The standard InChI is InChI=1S/C12H15F4N/c1-8-4-3-5-9(11(8)13)10(17-2)6-7-12(14,15)16/h3-5,10,17H,6-7H2,1-2H3. The first-order chi connectivity index (χ1) is 7.85. The third-order valence-corrected chi connectivity index (χ3v) is 2.66. The Labute approximate surface area is 97.8 Å². The fourth-order valence-electron chi connectivity index (χ4n) is 1.70. The van der Waals surface area contributed by atoms with Crippen LogP contribution in [0.3, 0.4) is 0 Å². The van der Waals surface area contributed by atoms with Crippen molar-refractivity contribution >= 4 is 0 Å². The number of aryl methyl sites for hydroxylation is 1. The van der Waals surface area contributed by atoms with E-state index in [1.807, 2.05) is 0 Å². The minimum absolute atomic E-state index is 0.166. The molecule has 1 aromatic rings. The van der Waals surface area contributed by atoms with Gasteiger partial charge >= 0.3 is 6.18 Å². The fraction of sp³-hybridized carbons (Fsp3) is 0.500.